The van der Waals surface area contributed by atoms with Crippen molar-refractivity contribution in [2.45, 2.75) is 40.2 Å². The second kappa shape index (κ2) is 5.54. The van der Waals surface area contributed by atoms with Gasteiger partial charge in [-0.2, -0.15) is 0 Å². The van der Waals surface area contributed by atoms with E-state index in [4.69, 9.17) is 0 Å². The Bertz CT molecular complexity index is 567. The molecule has 0 saturated heterocycles. The minimum atomic E-state index is -0.542. The molecule has 0 aliphatic rings. The third-order valence-corrected chi connectivity index (χ3v) is 3.52. The van der Waals surface area contributed by atoms with E-state index in [0.717, 1.165) is 11.3 Å². The molecule has 1 atom stereocenters. The van der Waals surface area contributed by atoms with Crippen LogP contribution in [0.25, 0.3) is 0 Å². The summed E-state index contributed by atoms with van der Waals surface area (Å²) >= 11 is 0. The Balaban J connectivity index is 2.26. The van der Waals surface area contributed by atoms with Crippen molar-refractivity contribution in [1.82, 2.24) is 4.98 Å². The number of nitrogens with zero attached hydrogens (tertiary/aromatic N) is 1. The number of benzene rings is 1. The molecule has 0 aliphatic carbocycles. The molecule has 1 aromatic heterocycles. The number of aliphatic hydroxyl groups excluding tert-OH is 1. The van der Waals surface area contributed by atoms with Crippen LogP contribution in [0.1, 0.15) is 39.6 Å². The standard InChI is InChI=1S/C17H21NO/c1-11-5-6-18-16(9-11)17(19)10-15-13(3)7-12(2)8-14(15)4/h5-9,17,19H,10H2,1-4H3. The van der Waals surface area contributed by atoms with Gasteiger partial charge in [-0.15, -0.1) is 0 Å². The normalized spacial score (nSPS) is 12.5. The summed E-state index contributed by atoms with van der Waals surface area (Å²) in [4.78, 5) is 4.26. The molecule has 2 aromatic rings. The van der Waals surface area contributed by atoms with Crippen LogP contribution in [0.5, 0.6) is 0 Å². The molecule has 2 rings (SSSR count). The lowest BCUT2D eigenvalue weighted by molar-refractivity contribution is 0.173. The zero-order valence-corrected chi connectivity index (χ0v) is 12.1. The van der Waals surface area contributed by atoms with Crippen LogP contribution in [0.4, 0.5) is 0 Å². The molecular weight excluding hydrogens is 234 g/mol. The molecule has 0 fully saturated rings. The number of aliphatic hydroxyl groups is 1. The molecule has 2 nitrogen and oxygen atoms in total. The van der Waals surface area contributed by atoms with Crippen molar-refractivity contribution in [2.75, 3.05) is 0 Å². The highest BCUT2D eigenvalue weighted by atomic mass is 16.3. The SMILES string of the molecule is Cc1ccnc(C(O)Cc2c(C)cc(C)cc2C)c1. The zero-order chi connectivity index (χ0) is 14.0. The monoisotopic (exact) mass is 255 g/mol. The van der Waals surface area contributed by atoms with Crippen LogP contribution in [-0.2, 0) is 6.42 Å². The van der Waals surface area contributed by atoms with E-state index in [-0.39, 0.29) is 0 Å². The van der Waals surface area contributed by atoms with Gasteiger partial charge in [0.2, 0.25) is 0 Å². The fourth-order valence-electron chi connectivity index (χ4n) is 2.57. The number of aryl methyl sites for hydroxylation is 4. The Hall–Kier alpha value is -1.67. The summed E-state index contributed by atoms with van der Waals surface area (Å²) in [5.41, 5.74) is 6.84. The zero-order valence-electron chi connectivity index (χ0n) is 12.1. The quantitative estimate of drug-likeness (QED) is 0.909. The van der Waals surface area contributed by atoms with Gasteiger partial charge < -0.3 is 5.11 Å². The molecule has 1 heterocycles. The van der Waals surface area contributed by atoms with Gasteiger partial charge in [-0.3, -0.25) is 4.98 Å². The first-order chi connectivity index (χ1) is 8.97. The molecule has 19 heavy (non-hydrogen) atoms. The van der Waals surface area contributed by atoms with Gasteiger partial charge in [0.1, 0.15) is 0 Å². The Labute approximate surface area is 115 Å². The van der Waals surface area contributed by atoms with Gasteiger partial charge in [0.15, 0.2) is 0 Å². The van der Waals surface area contributed by atoms with Crippen LogP contribution in [-0.4, -0.2) is 10.1 Å². The minimum absolute atomic E-state index is 0.542. The molecule has 100 valence electrons. The maximum absolute atomic E-state index is 10.4. The predicted molar refractivity (Wildman–Crippen MR) is 78.3 cm³/mol. The van der Waals surface area contributed by atoms with E-state index in [1.807, 2.05) is 19.1 Å². The van der Waals surface area contributed by atoms with Crippen molar-refractivity contribution in [3.63, 3.8) is 0 Å². The number of hydrogen-bond donors (Lipinski definition) is 1. The van der Waals surface area contributed by atoms with Gasteiger partial charge in [-0.25, -0.2) is 0 Å². The summed E-state index contributed by atoms with van der Waals surface area (Å²) in [6, 6.07) is 8.22. The van der Waals surface area contributed by atoms with Crippen molar-refractivity contribution in [1.29, 1.82) is 0 Å². The van der Waals surface area contributed by atoms with E-state index in [0.29, 0.717) is 6.42 Å². The fourth-order valence-corrected chi connectivity index (χ4v) is 2.57. The molecule has 0 spiro atoms. The smallest absolute Gasteiger partial charge is 0.1000 e. The summed E-state index contributed by atoms with van der Waals surface area (Å²) in [7, 11) is 0. The number of rotatable bonds is 3. The van der Waals surface area contributed by atoms with Gasteiger partial charge in [0, 0.05) is 12.6 Å². The molecule has 0 amide bonds. The molecular formula is C17H21NO. The third-order valence-electron chi connectivity index (χ3n) is 3.52. The maximum atomic E-state index is 10.4. The first kappa shape index (κ1) is 13.8. The maximum Gasteiger partial charge on any atom is 0.1000 e. The van der Waals surface area contributed by atoms with E-state index in [1.54, 1.807) is 6.20 Å². The predicted octanol–water partition coefficient (Wildman–Crippen LogP) is 3.59. The molecule has 0 aliphatic heterocycles. The van der Waals surface area contributed by atoms with E-state index in [2.05, 4.69) is 37.9 Å². The van der Waals surface area contributed by atoms with E-state index >= 15 is 0 Å². The highest BCUT2D eigenvalue weighted by Crippen LogP contribution is 2.23. The van der Waals surface area contributed by atoms with Crippen molar-refractivity contribution in [3.05, 3.63) is 64.0 Å². The van der Waals surface area contributed by atoms with E-state index in [1.165, 1.54) is 22.3 Å². The van der Waals surface area contributed by atoms with Gasteiger partial charge in [0.05, 0.1) is 11.8 Å². The van der Waals surface area contributed by atoms with E-state index < -0.39 is 6.10 Å². The summed E-state index contributed by atoms with van der Waals surface area (Å²) in [5, 5.41) is 10.4. The first-order valence-corrected chi connectivity index (χ1v) is 6.64. The lowest BCUT2D eigenvalue weighted by atomic mass is 9.94. The van der Waals surface area contributed by atoms with Gasteiger partial charge in [-0.1, -0.05) is 17.7 Å². The van der Waals surface area contributed by atoms with Crippen molar-refractivity contribution in [3.8, 4) is 0 Å². The average Bonchev–Trinajstić information content (AvgIpc) is 2.33. The summed E-state index contributed by atoms with van der Waals surface area (Å²) in [6.07, 6.45) is 1.83. The van der Waals surface area contributed by atoms with Gasteiger partial charge in [-0.05, 0) is 62.1 Å². The molecule has 1 N–H and O–H groups in total. The second-order valence-corrected chi connectivity index (χ2v) is 5.36. The summed E-state index contributed by atoms with van der Waals surface area (Å²) in [6.45, 7) is 8.32. The third kappa shape index (κ3) is 3.21. The highest BCUT2D eigenvalue weighted by molar-refractivity contribution is 5.38. The summed E-state index contributed by atoms with van der Waals surface area (Å²) < 4.78 is 0. The molecule has 1 unspecified atom stereocenters. The molecule has 0 radical (unpaired) electrons. The Kier molecular flexibility index (Phi) is 4.01. The number of pyridine rings is 1. The van der Waals surface area contributed by atoms with Crippen molar-refractivity contribution in [2.24, 2.45) is 0 Å². The Morgan fingerprint density at radius 3 is 2.21 bits per heavy atom. The average molecular weight is 255 g/mol. The molecule has 0 saturated carbocycles. The van der Waals surface area contributed by atoms with Crippen LogP contribution in [0, 0.1) is 27.7 Å². The second-order valence-electron chi connectivity index (χ2n) is 5.36. The largest absolute Gasteiger partial charge is 0.386 e. The fraction of sp³-hybridized carbons (Fsp3) is 0.353. The molecule has 0 bridgehead atoms. The lowest BCUT2D eigenvalue weighted by Gasteiger charge is -2.15. The first-order valence-electron chi connectivity index (χ1n) is 6.64. The topological polar surface area (TPSA) is 33.1 Å². The van der Waals surface area contributed by atoms with Crippen LogP contribution in [0.3, 0.4) is 0 Å². The molecule has 2 heteroatoms. The van der Waals surface area contributed by atoms with Gasteiger partial charge in [0.25, 0.3) is 0 Å². The number of aromatic nitrogens is 1. The van der Waals surface area contributed by atoms with Crippen molar-refractivity contribution >= 4 is 0 Å². The lowest BCUT2D eigenvalue weighted by Crippen LogP contribution is -2.07. The minimum Gasteiger partial charge on any atom is -0.386 e. The Morgan fingerprint density at radius 2 is 1.63 bits per heavy atom. The molecule has 1 aromatic carbocycles. The summed E-state index contributed by atoms with van der Waals surface area (Å²) in [5.74, 6) is 0. The highest BCUT2D eigenvalue weighted by Gasteiger charge is 2.13. The van der Waals surface area contributed by atoms with Gasteiger partial charge >= 0.3 is 0 Å². The van der Waals surface area contributed by atoms with Crippen LogP contribution >= 0.6 is 0 Å². The van der Waals surface area contributed by atoms with E-state index in [9.17, 15) is 5.11 Å². The van der Waals surface area contributed by atoms with Crippen molar-refractivity contribution < 1.29 is 5.11 Å². The number of hydrogen-bond acceptors (Lipinski definition) is 2. The Morgan fingerprint density at radius 1 is 1.00 bits per heavy atom. The van der Waals surface area contributed by atoms with Crippen LogP contribution in [0.15, 0.2) is 30.5 Å². The van der Waals surface area contributed by atoms with Crippen LogP contribution < -0.4 is 0 Å². The van der Waals surface area contributed by atoms with Crippen LogP contribution in [0.2, 0.25) is 0 Å².